The molecule has 0 aliphatic rings. The van der Waals surface area contributed by atoms with E-state index in [-0.39, 0.29) is 11.5 Å². The molecule has 0 amide bonds. The summed E-state index contributed by atoms with van der Waals surface area (Å²) < 4.78 is 4.39. The molecule has 0 aliphatic carbocycles. The predicted octanol–water partition coefficient (Wildman–Crippen LogP) is 12.9. The first kappa shape index (κ1) is 33.4. The fourth-order valence-corrected chi connectivity index (χ4v) is 8.57. The fraction of sp³-hybridized carbons (Fsp3) is 0. The van der Waals surface area contributed by atoms with Crippen LogP contribution in [-0.4, -0.2) is 30.5 Å². The highest BCUT2D eigenvalue weighted by atomic mass is 16.3. The van der Waals surface area contributed by atoms with E-state index in [1.165, 1.54) is 0 Å². The normalized spacial score (nSPS) is 11.9. The molecule has 2 N–H and O–H groups in total. The number of aliphatic imine (C=N–C) groups is 1. The summed E-state index contributed by atoms with van der Waals surface area (Å²) in [6.45, 7) is 0. The van der Waals surface area contributed by atoms with E-state index in [9.17, 15) is 10.2 Å². The van der Waals surface area contributed by atoms with Gasteiger partial charge in [-0.1, -0.05) is 115 Å². The highest BCUT2D eigenvalue weighted by molar-refractivity contribution is 6.11. The van der Waals surface area contributed by atoms with Crippen molar-refractivity contribution in [2.45, 2.75) is 0 Å². The molecule has 0 bridgehead atoms. The van der Waals surface area contributed by atoms with E-state index in [0.29, 0.717) is 28.0 Å². The van der Waals surface area contributed by atoms with Crippen LogP contribution in [0.4, 0.5) is 5.69 Å². The van der Waals surface area contributed by atoms with Gasteiger partial charge in [0.1, 0.15) is 11.5 Å². The molecule has 0 saturated carbocycles. The summed E-state index contributed by atoms with van der Waals surface area (Å²) in [5.74, 6) is 0.264. The number of fused-ring (bicyclic) bond motifs is 7. The van der Waals surface area contributed by atoms with Gasteiger partial charge in [-0.15, -0.1) is 0 Å². The molecule has 0 aliphatic heterocycles. The fourth-order valence-electron chi connectivity index (χ4n) is 8.57. The zero-order valence-electron chi connectivity index (χ0n) is 31.2. The molecule has 0 unspecified atom stereocenters. The van der Waals surface area contributed by atoms with Crippen LogP contribution in [0.25, 0.3) is 88.1 Å². The predicted molar refractivity (Wildman–Crippen MR) is 238 cm³/mol. The second-order valence-electron chi connectivity index (χ2n) is 14.6. The maximum absolute atomic E-state index is 11.7. The number of aromatic hydroxyl groups is 2. The Hall–Kier alpha value is -7.96. The number of hydrogen-bond donors (Lipinski definition) is 2. The molecule has 11 aromatic rings. The zero-order valence-corrected chi connectivity index (χ0v) is 31.2. The molecule has 0 saturated heterocycles. The lowest BCUT2D eigenvalue weighted by atomic mass is 10.0. The third-order valence-corrected chi connectivity index (χ3v) is 11.1. The maximum atomic E-state index is 11.7. The van der Waals surface area contributed by atoms with E-state index in [1.54, 1.807) is 6.21 Å². The molecule has 0 radical (unpaired) electrons. The SMILES string of the molecule is Oc1cc(-n2c3ccccc3c3ccccc32)ccc1-c1cc(-c2ccccc2)cc(C=Nc2cccc3cc(-n4c5ccccc5c5ccccc54)cc(O)c23)n1. The molecule has 6 heteroatoms. The van der Waals surface area contributed by atoms with Crippen LogP contribution in [0.1, 0.15) is 5.69 Å². The Morgan fingerprint density at radius 1 is 0.448 bits per heavy atom. The van der Waals surface area contributed by atoms with E-state index in [1.807, 2.05) is 97.1 Å². The van der Waals surface area contributed by atoms with Crippen molar-refractivity contribution in [2.75, 3.05) is 0 Å². The molecule has 8 aromatic carbocycles. The van der Waals surface area contributed by atoms with Crippen LogP contribution in [0, 0.1) is 0 Å². The molecule has 3 heterocycles. The molecule has 11 rings (SSSR count). The monoisotopic (exact) mass is 746 g/mol. The summed E-state index contributed by atoms with van der Waals surface area (Å²) in [7, 11) is 0. The maximum Gasteiger partial charge on any atom is 0.127 e. The first-order chi connectivity index (χ1) is 28.6. The number of para-hydroxylation sites is 4. The third-order valence-electron chi connectivity index (χ3n) is 11.1. The largest absolute Gasteiger partial charge is 0.507 e. The van der Waals surface area contributed by atoms with Gasteiger partial charge in [0.05, 0.1) is 51.0 Å². The van der Waals surface area contributed by atoms with Crippen molar-refractivity contribution in [3.8, 4) is 45.3 Å². The van der Waals surface area contributed by atoms with Crippen molar-refractivity contribution >= 4 is 66.3 Å². The van der Waals surface area contributed by atoms with Gasteiger partial charge < -0.3 is 19.3 Å². The number of phenolic OH excluding ortho intramolecular Hbond substituents is 2. The van der Waals surface area contributed by atoms with Gasteiger partial charge >= 0.3 is 0 Å². The lowest BCUT2D eigenvalue weighted by molar-refractivity contribution is 0.477. The van der Waals surface area contributed by atoms with Crippen molar-refractivity contribution in [3.63, 3.8) is 0 Å². The molecule has 0 atom stereocenters. The van der Waals surface area contributed by atoms with Crippen molar-refractivity contribution in [2.24, 2.45) is 4.99 Å². The lowest BCUT2D eigenvalue weighted by Crippen LogP contribution is -1.96. The van der Waals surface area contributed by atoms with Gasteiger partial charge in [0.25, 0.3) is 0 Å². The quantitative estimate of drug-likeness (QED) is 0.166. The van der Waals surface area contributed by atoms with E-state index < -0.39 is 0 Å². The van der Waals surface area contributed by atoms with E-state index >= 15 is 0 Å². The Morgan fingerprint density at radius 3 is 1.60 bits per heavy atom. The topological polar surface area (TPSA) is 75.6 Å². The third kappa shape index (κ3) is 5.42. The minimum absolute atomic E-state index is 0.123. The van der Waals surface area contributed by atoms with Gasteiger partial charge in [-0.05, 0) is 77.2 Å². The van der Waals surface area contributed by atoms with Crippen molar-refractivity contribution in [1.82, 2.24) is 14.1 Å². The number of benzene rings is 8. The Kier molecular flexibility index (Phi) is 7.69. The van der Waals surface area contributed by atoms with Crippen LogP contribution in [0.5, 0.6) is 11.5 Å². The molecule has 3 aromatic heterocycles. The average molecular weight is 747 g/mol. The molecule has 0 fully saturated rings. The molecule has 274 valence electrons. The van der Waals surface area contributed by atoms with Crippen LogP contribution in [0.15, 0.2) is 193 Å². The number of rotatable bonds is 6. The molecule has 0 spiro atoms. The Balaban J connectivity index is 1.00. The van der Waals surface area contributed by atoms with Crippen LogP contribution in [0.3, 0.4) is 0 Å². The van der Waals surface area contributed by atoms with Gasteiger partial charge in [0, 0.05) is 50.3 Å². The zero-order chi connectivity index (χ0) is 38.7. The summed E-state index contributed by atoms with van der Waals surface area (Å²) in [4.78, 5) is 9.96. The molecular weight excluding hydrogens is 713 g/mol. The van der Waals surface area contributed by atoms with Crippen LogP contribution >= 0.6 is 0 Å². The van der Waals surface area contributed by atoms with Crippen LogP contribution in [-0.2, 0) is 0 Å². The number of pyridine rings is 1. The molecule has 6 nitrogen and oxygen atoms in total. The van der Waals surface area contributed by atoms with Crippen molar-refractivity contribution in [3.05, 3.63) is 194 Å². The number of nitrogens with zero attached hydrogens (tertiary/aromatic N) is 4. The van der Waals surface area contributed by atoms with Crippen LogP contribution < -0.4 is 0 Å². The number of phenols is 2. The number of hydrogen-bond acceptors (Lipinski definition) is 4. The Labute approximate surface area is 333 Å². The highest BCUT2D eigenvalue weighted by Gasteiger charge is 2.17. The average Bonchev–Trinajstić information content (AvgIpc) is 3.79. The van der Waals surface area contributed by atoms with E-state index in [4.69, 9.17) is 9.98 Å². The second-order valence-corrected chi connectivity index (χ2v) is 14.6. The molecule has 58 heavy (non-hydrogen) atoms. The Bertz CT molecular complexity index is 3330. The summed E-state index contributed by atoms with van der Waals surface area (Å²) in [5.41, 5.74) is 10.4. The van der Waals surface area contributed by atoms with Gasteiger partial charge in [0.2, 0.25) is 0 Å². The van der Waals surface area contributed by atoms with E-state index in [2.05, 4.69) is 100 Å². The van der Waals surface area contributed by atoms with Crippen molar-refractivity contribution < 1.29 is 10.2 Å². The minimum atomic E-state index is 0.123. The summed E-state index contributed by atoms with van der Waals surface area (Å²) in [6, 6.07) is 63.1. The van der Waals surface area contributed by atoms with Gasteiger partial charge in [-0.25, -0.2) is 4.98 Å². The van der Waals surface area contributed by atoms with Gasteiger partial charge in [0.15, 0.2) is 0 Å². The van der Waals surface area contributed by atoms with E-state index in [0.717, 1.165) is 71.5 Å². The Morgan fingerprint density at radius 2 is 1.00 bits per heavy atom. The number of aromatic nitrogens is 3. The van der Waals surface area contributed by atoms with Crippen LogP contribution in [0.2, 0.25) is 0 Å². The van der Waals surface area contributed by atoms with Gasteiger partial charge in [-0.2, -0.15) is 0 Å². The summed E-state index contributed by atoms with van der Waals surface area (Å²) >= 11 is 0. The van der Waals surface area contributed by atoms with Gasteiger partial charge in [-0.3, -0.25) is 4.99 Å². The molecular formula is C52H34N4O2. The lowest BCUT2D eigenvalue weighted by Gasteiger charge is -2.13. The smallest absolute Gasteiger partial charge is 0.127 e. The van der Waals surface area contributed by atoms with Crippen molar-refractivity contribution in [1.29, 1.82) is 0 Å². The first-order valence-electron chi connectivity index (χ1n) is 19.3. The standard InChI is InChI=1S/C52H34N4O2/c57-50-30-37(55-46-21-8-4-16-39(46)40-17-5-9-22-47(40)55)25-26-43(50)45-29-35(33-13-2-1-3-14-33)27-36(54-45)32-53-44-20-12-15-34-28-38(31-51(58)52(34)44)56-48-23-10-6-18-41(48)42-19-7-11-24-49(42)56/h1-32,57-58H. The summed E-state index contributed by atoms with van der Waals surface area (Å²) in [5, 5.41) is 29.5. The minimum Gasteiger partial charge on any atom is -0.507 e. The first-order valence-corrected chi connectivity index (χ1v) is 19.3. The second kappa shape index (κ2) is 13.4. The summed E-state index contributed by atoms with van der Waals surface area (Å²) in [6.07, 6.45) is 1.73. The highest BCUT2D eigenvalue weighted by Crippen LogP contribution is 2.40.